The van der Waals surface area contributed by atoms with Crippen LogP contribution in [-0.2, 0) is 4.74 Å². The maximum Gasteiger partial charge on any atom is 0.224 e. The molecule has 2 rings (SSSR count). The highest BCUT2D eigenvalue weighted by Gasteiger charge is 2.34. The Kier molecular flexibility index (Phi) is 4.95. The molecule has 1 aromatic heterocycles. The van der Waals surface area contributed by atoms with Crippen LogP contribution in [0.2, 0.25) is 0 Å². The Morgan fingerprint density at radius 2 is 2.33 bits per heavy atom. The lowest BCUT2D eigenvalue weighted by Gasteiger charge is -2.42. The maximum atomic E-state index is 14.1. The first-order valence-electron chi connectivity index (χ1n) is 7.25. The fourth-order valence-corrected chi connectivity index (χ4v) is 2.45. The van der Waals surface area contributed by atoms with Gasteiger partial charge in [-0.3, -0.25) is 0 Å². The van der Waals surface area contributed by atoms with Gasteiger partial charge in [0.05, 0.1) is 24.5 Å². The molecular weight excluding hydrogens is 275 g/mol. The van der Waals surface area contributed by atoms with Gasteiger partial charge in [-0.1, -0.05) is 6.92 Å². The molecular formula is C14H23FN4O2. The number of nitrogens with zero attached hydrogens (tertiary/aromatic N) is 3. The summed E-state index contributed by atoms with van der Waals surface area (Å²) in [5.41, 5.74) is -0.472. The Morgan fingerprint density at radius 1 is 1.57 bits per heavy atom. The second-order valence-corrected chi connectivity index (χ2v) is 5.85. The average molecular weight is 298 g/mol. The van der Waals surface area contributed by atoms with Crippen molar-refractivity contribution in [3.63, 3.8) is 0 Å². The van der Waals surface area contributed by atoms with E-state index in [1.54, 1.807) is 4.90 Å². The van der Waals surface area contributed by atoms with Crippen molar-refractivity contribution in [1.29, 1.82) is 0 Å². The second kappa shape index (κ2) is 6.53. The molecule has 0 amide bonds. The van der Waals surface area contributed by atoms with Crippen LogP contribution in [0.5, 0.6) is 0 Å². The standard InChI is InChI=1S/C14H23FN4O2/c1-4-5-16-13-17-6-11(15)12(18-13)19-7-10(8-20)21-14(2,3)9-19/h6,10,20H,4-5,7-9H2,1-3H3,(H,16,17,18). The summed E-state index contributed by atoms with van der Waals surface area (Å²) >= 11 is 0. The number of aliphatic hydroxyl groups excluding tert-OH is 1. The van der Waals surface area contributed by atoms with Crippen LogP contribution in [0.4, 0.5) is 16.2 Å². The minimum Gasteiger partial charge on any atom is -0.394 e. The summed E-state index contributed by atoms with van der Waals surface area (Å²) in [6.07, 6.45) is 1.76. The predicted octanol–water partition coefficient (Wildman–Crippen LogP) is 1.41. The van der Waals surface area contributed by atoms with Crippen LogP contribution in [-0.4, -0.2) is 53.0 Å². The highest BCUT2D eigenvalue weighted by atomic mass is 19.1. The molecule has 1 saturated heterocycles. The van der Waals surface area contributed by atoms with Gasteiger partial charge in [-0.2, -0.15) is 4.98 Å². The number of morpholine rings is 1. The Labute approximate surface area is 124 Å². The number of hydrogen-bond acceptors (Lipinski definition) is 6. The van der Waals surface area contributed by atoms with Crippen molar-refractivity contribution in [3.8, 4) is 0 Å². The van der Waals surface area contributed by atoms with Crippen LogP contribution >= 0.6 is 0 Å². The fourth-order valence-electron chi connectivity index (χ4n) is 2.45. The summed E-state index contributed by atoms with van der Waals surface area (Å²) in [5, 5.41) is 12.4. The second-order valence-electron chi connectivity index (χ2n) is 5.85. The molecule has 1 aromatic rings. The molecule has 1 unspecified atom stereocenters. The zero-order valence-corrected chi connectivity index (χ0v) is 12.8. The van der Waals surface area contributed by atoms with E-state index < -0.39 is 11.4 Å². The van der Waals surface area contributed by atoms with Gasteiger partial charge in [0, 0.05) is 19.6 Å². The van der Waals surface area contributed by atoms with Crippen molar-refractivity contribution in [1.82, 2.24) is 9.97 Å². The van der Waals surface area contributed by atoms with Crippen LogP contribution in [0.3, 0.4) is 0 Å². The first-order chi connectivity index (χ1) is 9.95. The molecule has 1 aliphatic heterocycles. The number of ether oxygens (including phenoxy) is 1. The molecule has 0 saturated carbocycles. The molecule has 0 bridgehead atoms. The normalized spacial score (nSPS) is 21.4. The van der Waals surface area contributed by atoms with Gasteiger partial charge in [-0.05, 0) is 20.3 Å². The van der Waals surface area contributed by atoms with Gasteiger partial charge in [0.15, 0.2) is 11.6 Å². The first kappa shape index (κ1) is 15.9. The summed E-state index contributed by atoms with van der Waals surface area (Å²) < 4.78 is 19.8. The predicted molar refractivity (Wildman–Crippen MR) is 79.0 cm³/mol. The van der Waals surface area contributed by atoms with Gasteiger partial charge in [0.2, 0.25) is 5.95 Å². The van der Waals surface area contributed by atoms with E-state index in [-0.39, 0.29) is 18.5 Å². The van der Waals surface area contributed by atoms with Crippen LogP contribution in [0, 0.1) is 5.82 Å². The van der Waals surface area contributed by atoms with Crippen LogP contribution in [0.15, 0.2) is 6.20 Å². The van der Waals surface area contributed by atoms with Gasteiger partial charge in [-0.25, -0.2) is 9.37 Å². The quantitative estimate of drug-likeness (QED) is 0.856. The van der Waals surface area contributed by atoms with Gasteiger partial charge in [-0.15, -0.1) is 0 Å². The largest absolute Gasteiger partial charge is 0.394 e. The molecule has 0 spiro atoms. The van der Waals surface area contributed by atoms with Crippen molar-refractivity contribution in [2.75, 3.05) is 36.5 Å². The van der Waals surface area contributed by atoms with Crippen molar-refractivity contribution < 1.29 is 14.2 Å². The highest BCUT2D eigenvalue weighted by molar-refractivity contribution is 5.45. The lowest BCUT2D eigenvalue weighted by atomic mass is 10.1. The summed E-state index contributed by atoms with van der Waals surface area (Å²) in [6, 6.07) is 0. The molecule has 21 heavy (non-hydrogen) atoms. The minimum atomic E-state index is -0.472. The third-order valence-electron chi connectivity index (χ3n) is 3.24. The zero-order chi connectivity index (χ0) is 15.5. The van der Waals surface area contributed by atoms with E-state index in [1.807, 2.05) is 20.8 Å². The Bertz CT molecular complexity index is 484. The molecule has 1 atom stereocenters. The molecule has 0 radical (unpaired) electrons. The van der Waals surface area contributed by atoms with Crippen molar-refractivity contribution in [3.05, 3.63) is 12.0 Å². The van der Waals surface area contributed by atoms with Gasteiger partial charge in [0.25, 0.3) is 0 Å². The van der Waals surface area contributed by atoms with Gasteiger partial charge < -0.3 is 20.1 Å². The number of anilines is 2. The molecule has 118 valence electrons. The van der Waals surface area contributed by atoms with E-state index in [1.165, 1.54) is 6.20 Å². The molecule has 0 aliphatic carbocycles. The summed E-state index contributed by atoms with van der Waals surface area (Å²) in [6.45, 7) is 7.40. The van der Waals surface area contributed by atoms with E-state index in [0.29, 0.717) is 19.0 Å². The van der Waals surface area contributed by atoms with Crippen molar-refractivity contribution in [2.45, 2.75) is 38.9 Å². The fraction of sp³-hybridized carbons (Fsp3) is 0.714. The van der Waals surface area contributed by atoms with Crippen LogP contribution in [0.25, 0.3) is 0 Å². The lowest BCUT2D eigenvalue weighted by Crippen LogP contribution is -2.54. The topological polar surface area (TPSA) is 70.5 Å². The monoisotopic (exact) mass is 298 g/mol. The number of rotatable bonds is 5. The average Bonchev–Trinajstić information content (AvgIpc) is 2.44. The Balaban J connectivity index is 2.22. The summed E-state index contributed by atoms with van der Waals surface area (Å²) in [5.74, 6) is 0.197. The van der Waals surface area contributed by atoms with E-state index in [4.69, 9.17) is 4.74 Å². The molecule has 6 nitrogen and oxygen atoms in total. The zero-order valence-electron chi connectivity index (χ0n) is 12.8. The molecule has 2 heterocycles. The smallest absolute Gasteiger partial charge is 0.224 e. The third-order valence-corrected chi connectivity index (χ3v) is 3.24. The van der Waals surface area contributed by atoms with Gasteiger partial charge in [0.1, 0.15) is 0 Å². The molecule has 7 heteroatoms. The third kappa shape index (κ3) is 4.01. The van der Waals surface area contributed by atoms with E-state index >= 15 is 0 Å². The molecule has 0 aromatic carbocycles. The maximum absolute atomic E-state index is 14.1. The Hall–Kier alpha value is -1.47. The summed E-state index contributed by atoms with van der Waals surface area (Å²) in [4.78, 5) is 10.0. The Morgan fingerprint density at radius 3 is 3.00 bits per heavy atom. The molecule has 2 N–H and O–H groups in total. The van der Waals surface area contributed by atoms with Crippen LogP contribution < -0.4 is 10.2 Å². The molecule has 1 aliphatic rings. The van der Waals surface area contributed by atoms with E-state index in [9.17, 15) is 9.50 Å². The van der Waals surface area contributed by atoms with Gasteiger partial charge >= 0.3 is 0 Å². The minimum absolute atomic E-state index is 0.104. The van der Waals surface area contributed by atoms with Crippen molar-refractivity contribution in [2.24, 2.45) is 0 Å². The van der Waals surface area contributed by atoms with Crippen LogP contribution in [0.1, 0.15) is 27.2 Å². The number of nitrogens with one attached hydrogen (secondary N) is 1. The number of aromatic nitrogens is 2. The lowest BCUT2D eigenvalue weighted by molar-refractivity contribution is -0.101. The summed E-state index contributed by atoms with van der Waals surface area (Å²) in [7, 11) is 0. The number of hydrogen-bond donors (Lipinski definition) is 2. The van der Waals surface area contributed by atoms with Crippen molar-refractivity contribution >= 4 is 11.8 Å². The number of halogens is 1. The number of aliphatic hydroxyl groups is 1. The van der Waals surface area contributed by atoms with E-state index in [0.717, 1.165) is 13.0 Å². The SMILES string of the molecule is CCCNc1ncc(F)c(N2CC(CO)OC(C)(C)C2)n1. The highest BCUT2D eigenvalue weighted by Crippen LogP contribution is 2.26. The molecule has 1 fully saturated rings. The first-order valence-corrected chi connectivity index (χ1v) is 7.25. The van der Waals surface area contributed by atoms with E-state index in [2.05, 4.69) is 15.3 Å².